The first kappa shape index (κ1) is 59.5. The zero-order valence-corrected chi connectivity index (χ0v) is 44.0. The summed E-state index contributed by atoms with van der Waals surface area (Å²) in [5.41, 5.74) is 20.6. The molecule has 74 heavy (non-hydrogen) atoms. The molecular weight excluding hydrogens is 947 g/mol. The van der Waals surface area contributed by atoms with E-state index in [1.165, 1.54) is 10.6 Å². The van der Waals surface area contributed by atoms with Gasteiger partial charge in [0.2, 0.25) is 0 Å². The summed E-state index contributed by atoms with van der Waals surface area (Å²) in [5.74, 6) is 4.50. The first-order valence-corrected chi connectivity index (χ1v) is 23.3. The SMILES string of the molecule is C.C=C1N=C(N)C=CN1.C=C1NC(=O)C=CN1C(C)C.Cc1cn(C(C)C)c(=O)[nH]c1=O.Cc1nc(N)c2ncn(C(C)C)c2n1.Cc1nc(N)c2ncn(C(C)C)c2n1.Cc1nc2c(ncn2C(C)C)c(=O)[nH]1. The molecule has 0 atom stereocenters. The highest BCUT2D eigenvalue weighted by molar-refractivity contribution is 5.92. The van der Waals surface area contributed by atoms with Crippen LogP contribution in [0.2, 0.25) is 0 Å². The Morgan fingerprint density at radius 2 is 1.03 bits per heavy atom. The number of nitrogens with one attached hydrogen (secondary N) is 4. The number of nitrogen functional groups attached to an aromatic ring is 2. The van der Waals surface area contributed by atoms with Crippen LogP contribution in [-0.4, -0.2) is 90.8 Å². The van der Waals surface area contributed by atoms with Crippen LogP contribution in [0, 0.1) is 27.7 Å². The molecule has 7 aromatic rings. The van der Waals surface area contributed by atoms with Crippen LogP contribution >= 0.6 is 0 Å². The molecule has 0 fully saturated rings. The van der Waals surface area contributed by atoms with Gasteiger partial charge in [-0.15, -0.1) is 0 Å². The Bertz CT molecular complexity index is 3270. The van der Waals surface area contributed by atoms with E-state index in [9.17, 15) is 19.2 Å². The molecule has 0 aliphatic carbocycles. The minimum Gasteiger partial charge on any atom is -0.384 e. The molecular formula is C49H73N21O4. The maximum atomic E-state index is 11.5. The number of aliphatic imine (C=N–C) groups is 1. The summed E-state index contributed by atoms with van der Waals surface area (Å²) >= 11 is 0. The molecule has 2 aliphatic rings. The minimum absolute atomic E-state index is 0. The number of nitrogens with zero attached hydrogens (tertiary/aromatic N) is 14. The number of hydrogen-bond acceptors (Lipinski definition) is 18. The second kappa shape index (κ2) is 26.1. The standard InChI is InChI=1S/2C9H13N5.C9H12N4O.C8H12N2O2.C8H12N2O.C5H7N3.CH4/c2*1-5(2)14-4-11-7-8(10)12-6(3)13-9(7)14;1-5(2)13-4-10-7-8(13)11-6(3)12-9(7)14;1-5(2)10-4-6(3)7(11)9-8(10)12;1-6(2)10-5-4-8(11)9-7(10)3;1-4-7-3-2-5(6)8-4;/h2*4-5H,1-3H3,(H2,10,12,13);4-5H,1-3H3,(H,11,12,14);4-5H,1-3H3,(H,9,11,12);4-6H,3H2,1-2H3,(H,9,11);2-3,7H,1H2,(H2,6,8);1H4. The number of anilines is 2. The molecule has 0 unspecified atom stereocenters. The van der Waals surface area contributed by atoms with E-state index < -0.39 is 0 Å². The Balaban J connectivity index is 0.000000235. The summed E-state index contributed by atoms with van der Waals surface area (Å²) < 4.78 is 7.36. The van der Waals surface area contributed by atoms with Crippen LogP contribution in [0.1, 0.15) is 124 Å². The fraction of sp³-hybridized carbons (Fsp3) is 0.408. The first-order valence-electron chi connectivity index (χ1n) is 23.3. The molecule has 0 bridgehead atoms. The first-order chi connectivity index (χ1) is 34.2. The van der Waals surface area contributed by atoms with E-state index >= 15 is 0 Å². The lowest BCUT2D eigenvalue weighted by molar-refractivity contribution is -0.116. The van der Waals surface area contributed by atoms with E-state index in [-0.39, 0.29) is 42.2 Å². The molecule has 0 aromatic carbocycles. The van der Waals surface area contributed by atoms with Gasteiger partial charge in [-0.05, 0) is 103 Å². The van der Waals surface area contributed by atoms with E-state index in [4.69, 9.17) is 17.2 Å². The fourth-order valence-corrected chi connectivity index (χ4v) is 6.66. The second-order valence-corrected chi connectivity index (χ2v) is 18.0. The number of carbonyl (C=O) groups excluding carboxylic acids is 1. The topological polar surface area (TPSA) is 340 Å². The third-order valence-corrected chi connectivity index (χ3v) is 10.3. The summed E-state index contributed by atoms with van der Waals surface area (Å²) in [7, 11) is 0. The number of H-pyrrole nitrogens is 2. The maximum absolute atomic E-state index is 11.5. The number of aromatic amines is 2. The van der Waals surface area contributed by atoms with Gasteiger partial charge in [0, 0.05) is 60.4 Å². The molecule has 25 nitrogen and oxygen atoms in total. The Morgan fingerprint density at radius 3 is 1.43 bits per heavy atom. The molecule has 9 rings (SSSR count). The van der Waals surface area contributed by atoms with Crippen LogP contribution < -0.4 is 44.6 Å². The Labute approximate surface area is 429 Å². The summed E-state index contributed by atoms with van der Waals surface area (Å²) in [5, 5.41) is 5.39. The van der Waals surface area contributed by atoms with Crippen LogP contribution in [0.15, 0.2) is 93.9 Å². The average molecular weight is 1020 g/mol. The Hall–Kier alpha value is -8.77. The third-order valence-electron chi connectivity index (χ3n) is 10.3. The molecule has 0 saturated heterocycles. The molecule has 398 valence electrons. The van der Waals surface area contributed by atoms with Gasteiger partial charge < -0.3 is 51.4 Å². The Morgan fingerprint density at radius 1 is 0.568 bits per heavy atom. The van der Waals surface area contributed by atoms with Crippen molar-refractivity contribution in [1.82, 2.24) is 83.6 Å². The van der Waals surface area contributed by atoms with Crippen molar-refractivity contribution in [2.24, 2.45) is 10.7 Å². The van der Waals surface area contributed by atoms with Gasteiger partial charge in [0.25, 0.3) is 17.0 Å². The molecule has 0 spiro atoms. The molecule has 2 aliphatic heterocycles. The lowest BCUT2D eigenvalue weighted by Crippen LogP contribution is -2.38. The Kier molecular flexibility index (Phi) is 21.0. The summed E-state index contributed by atoms with van der Waals surface area (Å²) in [4.78, 5) is 88.3. The highest BCUT2D eigenvalue weighted by Gasteiger charge is 2.15. The van der Waals surface area contributed by atoms with E-state index in [2.05, 4.69) is 106 Å². The minimum atomic E-state index is -0.347. The van der Waals surface area contributed by atoms with Crippen LogP contribution in [0.3, 0.4) is 0 Å². The van der Waals surface area contributed by atoms with Gasteiger partial charge >= 0.3 is 5.69 Å². The number of fused-ring (bicyclic) bond motifs is 3. The van der Waals surface area contributed by atoms with Crippen molar-refractivity contribution in [2.75, 3.05) is 11.5 Å². The third kappa shape index (κ3) is 15.6. The van der Waals surface area contributed by atoms with Gasteiger partial charge in [0.15, 0.2) is 34.1 Å². The van der Waals surface area contributed by atoms with Gasteiger partial charge in [-0.1, -0.05) is 20.6 Å². The number of aromatic nitrogens is 14. The molecule has 7 aromatic heterocycles. The van der Waals surface area contributed by atoms with Crippen molar-refractivity contribution in [2.45, 2.75) is 135 Å². The second-order valence-electron chi connectivity index (χ2n) is 18.0. The smallest absolute Gasteiger partial charge is 0.328 e. The van der Waals surface area contributed by atoms with Gasteiger partial charge in [-0.3, -0.25) is 23.9 Å². The van der Waals surface area contributed by atoms with Crippen molar-refractivity contribution in [1.29, 1.82) is 0 Å². The summed E-state index contributed by atoms with van der Waals surface area (Å²) in [6.45, 7) is 34.6. The average Bonchev–Trinajstić information content (AvgIpc) is 4.04. The number of amidine groups is 1. The van der Waals surface area contributed by atoms with Crippen molar-refractivity contribution in [3.8, 4) is 0 Å². The molecule has 1 amide bonds. The van der Waals surface area contributed by atoms with Gasteiger partial charge in [-0.2, -0.15) is 0 Å². The molecule has 0 saturated carbocycles. The van der Waals surface area contributed by atoms with Crippen molar-refractivity contribution in [3.63, 3.8) is 0 Å². The number of rotatable bonds is 5. The van der Waals surface area contributed by atoms with Gasteiger partial charge in [0.1, 0.15) is 46.0 Å². The predicted molar refractivity (Wildman–Crippen MR) is 293 cm³/mol. The number of aryl methyl sites for hydroxylation is 4. The molecule has 10 N–H and O–H groups in total. The van der Waals surface area contributed by atoms with E-state index in [0.29, 0.717) is 92.5 Å². The number of nitrogens with two attached hydrogens (primary N) is 3. The highest BCUT2D eigenvalue weighted by atomic mass is 16.2. The molecule has 25 heteroatoms. The molecule has 0 radical (unpaired) electrons. The molecule has 9 heterocycles. The van der Waals surface area contributed by atoms with E-state index in [1.54, 1.807) is 57.5 Å². The number of hydrogen-bond donors (Lipinski definition) is 7. The van der Waals surface area contributed by atoms with E-state index in [1.807, 2.05) is 74.0 Å². The largest absolute Gasteiger partial charge is 0.384 e. The van der Waals surface area contributed by atoms with Gasteiger partial charge in [0.05, 0.1) is 19.0 Å². The van der Waals surface area contributed by atoms with Crippen molar-refractivity contribution < 1.29 is 4.79 Å². The number of amides is 1. The highest BCUT2D eigenvalue weighted by Crippen LogP contribution is 2.20. The monoisotopic (exact) mass is 1020 g/mol. The summed E-state index contributed by atoms with van der Waals surface area (Å²) in [6.07, 6.45) is 13.3. The van der Waals surface area contributed by atoms with Gasteiger partial charge in [-0.25, -0.2) is 49.7 Å². The number of carbonyl (C=O) groups is 1. The van der Waals surface area contributed by atoms with Crippen LogP contribution in [0.5, 0.6) is 0 Å². The zero-order chi connectivity index (χ0) is 54.6. The number of imidazole rings is 3. The van der Waals surface area contributed by atoms with Crippen LogP contribution in [0.25, 0.3) is 33.5 Å². The van der Waals surface area contributed by atoms with Crippen LogP contribution in [0.4, 0.5) is 11.6 Å². The fourth-order valence-electron chi connectivity index (χ4n) is 6.66. The van der Waals surface area contributed by atoms with E-state index in [0.717, 1.165) is 11.3 Å². The summed E-state index contributed by atoms with van der Waals surface area (Å²) in [6, 6.07) is 1.32. The zero-order valence-electron chi connectivity index (χ0n) is 44.0. The predicted octanol–water partition coefficient (Wildman–Crippen LogP) is 5.41. The lowest BCUT2D eigenvalue weighted by atomic mass is 10.3. The van der Waals surface area contributed by atoms with Crippen LogP contribution in [-0.2, 0) is 4.79 Å². The van der Waals surface area contributed by atoms with Crippen molar-refractivity contribution >= 4 is 56.9 Å². The lowest BCUT2D eigenvalue weighted by Gasteiger charge is -2.29. The van der Waals surface area contributed by atoms with Crippen molar-refractivity contribution in [3.05, 3.63) is 129 Å². The normalized spacial score (nSPS) is 12.7. The maximum Gasteiger partial charge on any atom is 0.328 e. The quantitative estimate of drug-likeness (QED) is 0.113.